The van der Waals surface area contributed by atoms with Crippen molar-refractivity contribution in [3.63, 3.8) is 0 Å². The Morgan fingerprint density at radius 3 is 2.67 bits per heavy atom. The predicted molar refractivity (Wildman–Crippen MR) is 68.6 cm³/mol. The fourth-order valence-corrected chi connectivity index (χ4v) is 2.76. The lowest BCUT2D eigenvalue weighted by Crippen LogP contribution is -2.35. The van der Waals surface area contributed by atoms with Gasteiger partial charge in [0.15, 0.2) is 5.85 Å². The zero-order valence-corrected chi connectivity index (χ0v) is 11.8. The maximum atomic E-state index is 11.7. The average molecular weight is 322 g/mol. The van der Waals surface area contributed by atoms with E-state index in [0.29, 0.717) is 0 Å². The summed E-state index contributed by atoms with van der Waals surface area (Å²) in [4.78, 5) is 42.8. The number of hydrogen-bond donors (Lipinski definition) is 5. The first-order valence-electron chi connectivity index (χ1n) is 6.00. The Bertz CT molecular complexity index is 691. The molecule has 0 saturated carbocycles. The molecule has 5 N–H and O–H groups in total. The van der Waals surface area contributed by atoms with E-state index >= 15 is 0 Å². The highest BCUT2D eigenvalue weighted by Gasteiger charge is 2.46. The van der Waals surface area contributed by atoms with Gasteiger partial charge in [0.05, 0.1) is 6.10 Å². The first-order valence-corrected chi connectivity index (χ1v) is 7.68. The number of nitrogens with one attached hydrogen (secondary N) is 1. The van der Waals surface area contributed by atoms with E-state index in [1.165, 1.54) is 13.1 Å². The number of H-pyrrole nitrogens is 1. The molecule has 11 heteroatoms. The van der Waals surface area contributed by atoms with E-state index < -0.39 is 43.1 Å². The standard InChI is InChI=1S/C10H15N2O8P/c1-4-3-12(10(16)11-8(4)14)6-2-5(13)7(20-6)9(15)21(17,18)19/h3,5-7,9,13,15H,2H2,1H3,(H,11,14,16)(H2,17,18,19)/t5-,6+,7-,9+/m0/s1. The summed E-state index contributed by atoms with van der Waals surface area (Å²) in [5.41, 5.74) is -1.12. The van der Waals surface area contributed by atoms with Crippen molar-refractivity contribution >= 4 is 7.60 Å². The largest absolute Gasteiger partial charge is 0.390 e. The molecule has 1 aromatic heterocycles. The van der Waals surface area contributed by atoms with Gasteiger partial charge in [0.25, 0.3) is 5.56 Å². The average Bonchev–Trinajstić information content (AvgIpc) is 2.73. The Morgan fingerprint density at radius 1 is 1.48 bits per heavy atom. The van der Waals surface area contributed by atoms with Gasteiger partial charge in [-0.05, 0) is 6.92 Å². The Morgan fingerprint density at radius 2 is 2.10 bits per heavy atom. The van der Waals surface area contributed by atoms with Crippen LogP contribution in [0.1, 0.15) is 18.2 Å². The van der Waals surface area contributed by atoms with Crippen LogP contribution in [0.4, 0.5) is 0 Å². The number of aryl methyl sites for hydroxylation is 1. The van der Waals surface area contributed by atoms with Gasteiger partial charge in [-0.1, -0.05) is 0 Å². The molecule has 0 aromatic carbocycles. The van der Waals surface area contributed by atoms with E-state index in [0.717, 1.165) is 4.57 Å². The second-order valence-electron chi connectivity index (χ2n) is 4.84. The lowest BCUT2D eigenvalue weighted by atomic mass is 10.2. The van der Waals surface area contributed by atoms with E-state index in [1.807, 2.05) is 4.98 Å². The highest BCUT2D eigenvalue weighted by atomic mass is 31.2. The lowest BCUT2D eigenvalue weighted by molar-refractivity contribution is -0.0645. The number of aliphatic hydroxyl groups is 2. The van der Waals surface area contributed by atoms with E-state index in [9.17, 15) is 24.4 Å². The number of aromatic nitrogens is 2. The Hall–Kier alpha value is -1.29. The van der Waals surface area contributed by atoms with Gasteiger partial charge in [0.2, 0.25) is 0 Å². The Balaban J connectivity index is 2.30. The van der Waals surface area contributed by atoms with E-state index in [2.05, 4.69) is 0 Å². The fraction of sp³-hybridized carbons (Fsp3) is 0.600. The van der Waals surface area contributed by atoms with Gasteiger partial charge in [-0.2, -0.15) is 0 Å². The molecule has 1 aliphatic rings. The first-order chi connectivity index (χ1) is 9.61. The van der Waals surface area contributed by atoms with Crippen LogP contribution in [0.3, 0.4) is 0 Å². The summed E-state index contributed by atoms with van der Waals surface area (Å²) in [5, 5.41) is 19.2. The van der Waals surface area contributed by atoms with Crippen LogP contribution >= 0.6 is 7.60 Å². The molecule has 118 valence electrons. The van der Waals surface area contributed by atoms with Crippen LogP contribution in [0, 0.1) is 6.92 Å². The lowest BCUT2D eigenvalue weighted by Gasteiger charge is -2.22. The molecule has 1 aliphatic heterocycles. The summed E-state index contributed by atoms with van der Waals surface area (Å²) in [7, 11) is -4.87. The van der Waals surface area contributed by atoms with Crippen LogP contribution in [-0.4, -0.2) is 47.6 Å². The molecule has 10 nitrogen and oxygen atoms in total. The fourth-order valence-electron chi connectivity index (χ4n) is 2.11. The smallest absolute Gasteiger partial charge is 0.356 e. The van der Waals surface area contributed by atoms with Gasteiger partial charge >= 0.3 is 13.3 Å². The van der Waals surface area contributed by atoms with Crippen molar-refractivity contribution < 1.29 is 29.3 Å². The molecule has 0 unspecified atom stereocenters. The molecule has 21 heavy (non-hydrogen) atoms. The topological polar surface area (TPSA) is 162 Å². The highest BCUT2D eigenvalue weighted by molar-refractivity contribution is 7.52. The van der Waals surface area contributed by atoms with Crippen molar-refractivity contribution in [2.24, 2.45) is 0 Å². The minimum Gasteiger partial charge on any atom is -0.390 e. The third-order valence-corrected chi connectivity index (χ3v) is 4.21. The third kappa shape index (κ3) is 3.15. The third-order valence-electron chi connectivity index (χ3n) is 3.23. The maximum Gasteiger partial charge on any atom is 0.356 e. The summed E-state index contributed by atoms with van der Waals surface area (Å²) in [6, 6.07) is 0. The summed E-state index contributed by atoms with van der Waals surface area (Å²) in [6.07, 6.45) is -2.89. The number of nitrogens with zero attached hydrogens (tertiary/aromatic N) is 1. The summed E-state index contributed by atoms with van der Waals surface area (Å²) >= 11 is 0. The van der Waals surface area contributed by atoms with Crippen LogP contribution in [-0.2, 0) is 9.30 Å². The Kier molecular flexibility index (Phi) is 4.20. The zero-order valence-electron chi connectivity index (χ0n) is 10.9. The van der Waals surface area contributed by atoms with E-state index in [-0.39, 0.29) is 12.0 Å². The molecule has 1 aromatic rings. The van der Waals surface area contributed by atoms with Crippen molar-refractivity contribution in [1.29, 1.82) is 0 Å². The molecule has 1 fully saturated rings. The van der Waals surface area contributed by atoms with Gasteiger partial charge in [-0.3, -0.25) is 18.9 Å². The highest BCUT2D eigenvalue weighted by Crippen LogP contribution is 2.46. The zero-order chi connectivity index (χ0) is 15.9. The van der Waals surface area contributed by atoms with Gasteiger partial charge in [-0.15, -0.1) is 0 Å². The van der Waals surface area contributed by atoms with Crippen molar-refractivity contribution in [1.82, 2.24) is 9.55 Å². The first kappa shape index (κ1) is 16.1. The SMILES string of the molecule is Cc1cn([C@H]2C[C@H](O)[C@@H]([C@H](O)P(=O)(O)O)O2)c(=O)[nH]c1=O. The summed E-state index contributed by atoms with van der Waals surface area (Å²) in [5.74, 6) is -2.20. The molecule has 2 heterocycles. The predicted octanol–water partition coefficient (Wildman–Crippen LogP) is -2.01. The van der Waals surface area contributed by atoms with Gasteiger partial charge in [0, 0.05) is 18.2 Å². The molecule has 0 amide bonds. The molecule has 0 bridgehead atoms. The van der Waals surface area contributed by atoms with Crippen molar-refractivity contribution in [3.8, 4) is 0 Å². The minimum absolute atomic E-state index is 0.160. The molecule has 1 saturated heterocycles. The van der Waals surface area contributed by atoms with Crippen LogP contribution in [0.15, 0.2) is 15.8 Å². The van der Waals surface area contributed by atoms with Crippen molar-refractivity contribution in [3.05, 3.63) is 32.6 Å². The minimum atomic E-state index is -4.87. The molecule has 0 aliphatic carbocycles. The second kappa shape index (κ2) is 5.48. The van der Waals surface area contributed by atoms with E-state index in [1.54, 1.807) is 0 Å². The van der Waals surface area contributed by atoms with E-state index in [4.69, 9.17) is 14.5 Å². The van der Waals surface area contributed by atoms with Crippen LogP contribution < -0.4 is 11.2 Å². The van der Waals surface area contributed by atoms with Crippen LogP contribution in [0.25, 0.3) is 0 Å². The Labute approximate surface area is 117 Å². The number of hydrogen-bond acceptors (Lipinski definition) is 6. The molecule has 2 rings (SSSR count). The van der Waals surface area contributed by atoms with Gasteiger partial charge in [0.1, 0.15) is 12.3 Å². The molecule has 4 atom stereocenters. The molecule has 0 radical (unpaired) electrons. The quantitative estimate of drug-likeness (QED) is 0.399. The number of aromatic amines is 1. The maximum absolute atomic E-state index is 11.7. The van der Waals surface area contributed by atoms with Crippen molar-refractivity contribution in [2.75, 3.05) is 0 Å². The summed E-state index contributed by atoms with van der Waals surface area (Å²) < 4.78 is 17.2. The van der Waals surface area contributed by atoms with Crippen LogP contribution in [0.2, 0.25) is 0 Å². The molecular weight excluding hydrogens is 307 g/mol. The van der Waals surface area contributed by atoms with Crippen LogP contribution in [0.5, 0.6) is 0 Å². The normalized spacial score (nSPS) is 27.8. The van der Waals surface area contributed by atoms with Gasteiger partial charge in [-0.25, -0.2) is 4.79 Å². The number of ether oxygens (including phenoxy) is 1. The number of aliphatic hydroxyl groups excluding tert-OH is 2. The molecular formula is C10H15N2O8P. The van der Waals surface area contributed by atoms with Gasteiger partial charge < -0.3 is 24.7 Å². The van der Waals surface area contributed by atoms with Crippen molar-refractivity contribution in [2.45, 2.75) is 37.6 Å². The molecule has 0 spiro atoms. The second-order valence-corrected chi connectivity index (χ2v) is 6.55. The monoisotopic (exact) mass is 322 g/mol. The summed E-state index contributed by atoms with van der Waals surface area (Å²) in [6.45, 7) is 1.46. The number of rotatable bonds is 3.